The summed E-state index contributed by atoms with van der Waals surface area (Å²) in [6.07, 6.45) is 29.9. The van der Waals surface area contributed by atoms with Crippen LogP contribution in [0.15, 0.2) is 0 Å². The molecule has 0 aromatic rings. The number of cyclic esters (lactones) is 1. The fraction of sp³-hybridized carbons (Fsp3) is 0.960. The van der Waals surface area contributed by atoms with E-state index >= 15 is 0 Å². The summed E-state index contributed by atoms with van der Waals surface area (Å²) in [6.45, 7) is 2.29. The summed E-state index contributed by atoms with van der Waals surface area (Å²) in [6, 6.07) is 0. The predicted molar refractivity (Wildman–Crippen MR) is 117 cm³/mol. The zero-order valence-electron chi connectivity index (χ0n) is 18.5. The standard InChI is InChI=1S/C25H48O2/c1-2-3-4-5-6-7-8-9-10-11-12-13-14-15-16-17-18-19-20-21-24-22-23-25(26)27-24/h24H,2-23H2,1H3/t24-/m0/s1. The smallest absolute Gasteiger partial charge is 0.306 e. The van der Waals surface area contributed by atoms with Crippen LogP contribution in [0.4, 0.5) is 0 Å². The Morgan fingerprint density at radius 1 is 0.630 bits per heavy atom. The molecule has 1 heterocycles. The summed E-state index contributed by atoms with van der Waals surface area (Å²) in [5.41, 5.74) is 0. The Morgan fingerprint density at radius 3 is 1.33 bits per heavy atom. The number of esters is 1. The summed E-state index contributed by atoms with van der Waals surface area (Å²) >= 11 is 0. The molecule has 2 nitrogen and oxygen atoms in total. The Morgan fingerprint density at radius 2 is 1.00 bits per heavy atom. The van der Waals surface area contributed by atoms with Crippen LogP contribution < -0.4 is 0 Å². The maximum atomic E-state index is 11.0. The van der Waals surface area contributed by atoms with E-state index in [1.165, 1.54) is 122 Å². The minimum atomic E-state index is 0.0119. The van der Waals surface area contributed by atoms with Crippen LogP contribution in [0.1, 0.15) is 148 Å². The number of hydrogen-bond acceptors (Lipinski definition) is 2. The number of hydrogen-bond donors (Lipinski definition) is 0. The van der Waals surface area contributed by atoms with Crippen molar-refractivity contribution in [3.05, 3.63) is 0 Å². The topological polar surface area (TPSA) is 26.3 Å². The normalized spacial score (nSPS) is 16.8. The maximum Gasteiger partial charge on any atom is 0.306 e. The fourth-order valence-electron chi connectivity index (χ4n) is 4.24. The molecular weight excluding hydrogens is 332 g/mol. The van der Waals surface area contributed by atoms with Gasteiger partial charge in [0, 0.05) is 6.42 Å². The number of unbranched alkanes of at least 4 members (excludes halogenated alkanes) is 18. The van der Waals surface area contributed by atoms with E-state index in [9.17, 15) is 4.79 Å². The Labute approximate surface area is 170 Å². The van der Waals surface area contributed by atoms with E-state index < -0.39 is 0 Å². The average molecular weight is 381 g/mol. The highest BCUT2D eigenvalue weighted by molar-refractivity contribution is 5.71. The molecule has 0 aromatic carbocycles. The average Bonchev–Trinajstić information content (AvgIpc) is 3.09. The van der Waals surface area contributed by atoms with Gasteiger partial charge >= 0.3 is 5.97 Å². The second-order valence-electron chi connectivity index (χ2n) is 8.80. The van der Waals surface area contributed by atoms with E-state index in [4.69, 9.17) is 4.74 Å². The van der Waals surface area contributed by atoms with Gasteiger partial charge in [-0.25, -0.2) is 0 Å². The first-order valence-electron chi connectivity index (χ1n) is 12.5. The maximum absolute atomic E-state index is 11.0. The van der Waals surface area contributed by atoms with Crippen LogP contribution in [0, 0.1) is 0 Å². The second kappa shape index (κ2) is 18.8. The third-order valence-corrected chi connectivity index (χ3v) is 6.10. The number of ether oxygens (including phenoxy) is 1. The Balaban J connectivity index is 1.65. The van der Waals surface area contributed by atoms with Crippen LogP contribution in [0.3, 0.4) is 0 Å². The largest absolute Gasteiger partial charge is 0.462 e. The van der Waals surface area contributed by atoms with Crippen LogP contribution in [-0.4, -0.2) is 12.1 Å². The first-order valence-corrected chi connectivity index (χ1v) is 12.5. The molecule has 0 N–H and O–H groups in total. The number of carbonyl (C=O) groups is 1. The molecule has 0 amide bonds. The number of rotatable bonds is 20. The van der Waals surface area contributed by atoms with Gasteiger partial charge in [-0.1, -0.05) is 122 Å². The van der Waals surface area contributed by atoms with Gasteiger partial charge in [-0.05, 0) is 19.3 Å². The van der Waals surface area contributed by atoms with Crippen molar-refractivity contribution in [2.45, 2.75) is 154 Å². The molecule has 1 aliphatic heterocycles. The quantitative estimate of drug-likeness (QED) is 0.156. The van der Waals surface area contributed by atoms with E-state index in [-0.39, 0.29) is 12.1 Å². The second-order valence-corrected chi connectivity index (χ2v) is 8.80. The third-order valence-electron chi connectivity index (χ3n) is 6.10. The molecule has 0 aliphatic carbocycles. The lowest BCUT2D eigenvalue weighted by Crippen LogP contribution is -2.06. The molecule has 1 saturated heterocycles. The molecule has 0 radical (unpaired) electrons. The van der Waals surface area contributed by atoms with Crippen molar-refractivity contribution >= 4 is 5.97 Å². The molecular formula is C25H48O2. The van der Waals surface area contributed by atoms with E-state index in [0.717, 1.165) is 12.8 Å². The number of carbonyl (C=O) groups excluding carboxylic acids is 1. The van der Waals surface area contributed by atoms with Crippen LogP contribution in [0.5, 0.6) is 0 Å². The van der Waals surface area contributed by atoms with Crippen molar-refractivity contribution in [1.29, 1.82) is 0 Å². The lowest BCUT2D eigenvalue weighted by atomic mass is 10.0. The minimum absolute atomic E-state index is 0.0119. The first-order chi connectivity index (χ1) is 13.3. The van der Waals surface area contributed by atoms with Gasteiger partial charge in [-0.15, -0.1) is 0 Å². The van der Waals surface area contributed by atoms with Gasteiger partial charge in [0.2, 0.25) is 0 Å². The minimum Gasteiger partial charge on any atom is -0.462 e. The van der Waals surface area contributed by atoms with Crippen molar-refractivity contribution in [2.75, 3.05) is 0 Å². The van der Waals surface area contributed by atoms with E-state index in [1.54, 1.807) is 0 Å². The molecule has 2 heteroatoms. The van der Waals surface area contributed by atoms with Crippen molar-refractivity contribution in [3.63, 3.8) is 0 Å². The van der Waals surface area contributed by atoms with Crippen molar-refractivity contribution in [1.82, 2.24) is 0 Å². The van der Waals surface area contributed by atoms with E-state index in [0.29, 0.717) is 6.42 Å². The molecule has 0 aromatic heterocycles. The molecule has 0 bridgehead atoms. The first kappa shape index (κ1) is 24.5. The van der Waals surface area contributed by atoms with Gasteiger partial charge in [0.15, 0.2) is 0 Å². The van der Waals surface area contributed by atoms with Gasteiger partial charge in [0.05, 0.1) is 0 Å². The highest BCUT2D eigenvalue weighted by atomic mass is 16.5. The summed E-state index contributed by atoms with van der Waals surface area (Å²) in [5, 5.41) is 0. The van der Waals surface area contributed by atoms with Crippen LogP contribution in [0.25, 0.3) is 0 Å². The van der Waals surface area contributed by atoms with Crippen LogP contribution in [0.2, 0.25) is 0 Å². The molecule has 1 atom stereocenters. The van der Waals surface area contributed by atoms with Crippen molar-refractivity contribution in [2.24, 2.45) is 0 Å². The molecule has 1 fully saturated rings. The van der Waals surface area contributed by atoms with E-state index in [2.05, 4.69) is 6.92 Å². The molecule has 160 valence electrons. The zero-order chi connectivity index (χ0) is 19.4. The highest BCUT2D eigenvalue weighted by Crippen LogP contribution is 2.20. The van der Waals surface area contributed by atoms with Gasteiger partial charge < -0.3 is 4.74 Å². The lowest BCUT2D eigenvalue weighted by Gasteiger charge is -2.08. The Hall–Kier alpha value is -0.530. The Kier molecular flexibility index (Phi) is 17.1. The molecule has 0 spiro atoms. The molecule has 27 heavy (non-hydrogen) atoms. The van der Waals surface area contributed by atoms with E-state index in [1.807, 2.05) is 0 Å². The van der Waals surface area contributed by atoms with Crippen LogP contribution in [-0.2, 0) is 9.53 Å². The van der Waals surface area contributed by atoms with Gasteiger partial charge in [0.1, 0.15) is 6.10 Å². The summed E-state index contributed by atoms with van der Waals surface area (Å²) in [4.78, 5) is 11.0. The lowest BCUT2D eigenvalue weighted by molar-refractivity contribution is -0.141. The molecule has 0 unspecified atom stereocenters. The van der Waals surface area contributed by atoms with Gasteiger partial charge in [-0.3, -0.25) is 4.79 Å². The van der Waals surface area contributed by atoms with Crippen molar-refractivity contribution in [3.8, 4) is 0 Å². The summed E-state index contributed by atoms with van der Waals surface area (Å²) < 4.78 is 5.26. The van der Waals surface area contributed by atoms with Crippen LogP contribution >= 0.6 is 0 Å². The zero-order valence-corrected chi connectivity index (χ0v) is 18.5. The molecule has 0 saturated carbocycles. The predicted octanol–water partition coefficient (Wildman–Crippen LogP) is 8.51. The monoisotopic (exact) mass is 380 g/mol. The van der Waals surface area contributed by atoms with Gasteiger partial charge in [-0.2, -0.15) is 0 Å². The highest BCUT2D eigenvalue weighted by Gasteiger charge is 2.22. The Bertz CT molecular complexity index is 326. The van der Waals surface area contributed by atoms with Gasteiger partial charge in [0.25, 0.3) is 0 Å². The third kappa shape index (κ3) is 16.2. The SMILES string of the molecule is CCCCCCCCCCCCCCCCCCCCC[C@H]1CCC(=O)O1. The van der Waals surface area contributed by atoms with Crippen molar-refractivity contribution < 1.29 is 9.53 Å². The summed E-state index contributed by atoms with van der Waals surface area (Å²) in [5.74, 6) is 0.0119. The fourth-order valence-corrected chi connectivity index (χ4v) is 4.24. The molecule has 1 aliphatic rings. The molecule has 1 rings (SSSR count). The summed E-state index contributed by atoms with van der Waals surface area (Å²) in [7, 11) is 0.